The second-order valence-corrected chi connectivity index (χ2v) is 16.8. The lowest BCUT2D eigenvalue weighted by molar-refractivity contribution is -0.142. The number of likely N-dealkylation sites (tertiary alicyclic amines) is 1. The zero-order chi connectivity index (χ0) is 34.0. The van der Waals surface area contributed by atoms with E-state index in [4.69, 9.17) is 4.74 Å². The molecule has 2 aliphatic carbocycles. The molecule has 4 aliphatic rings. The molecule has 1 N–H and O–H groups in total. The first-order chi connectivity index (χ1) is 22.9. The van der Waals surface area contributed by atoms with Gasteiger partial charge >= 0.3 is 10.2 Å². The van der Waals surface area contributed by atoms with Crippen LogP contribution in [0, 0.1) is 5.41 Å². The largest absolute Gasteiger partial charge is 0.497 e. The van der Waals surface area contributed by atoms with Crippen molar-refractivity contribution in [3.63, 3.8) is 0 Å². The number of fused-ring (bicyclic) bond motifs is 7. The molecule has 1 saturated heterocycles. The van der Waals surface area contributed by atoms with Crippen LogP contribution < -0.4 is 9.46 Å². The zero-order valence-corrected chi connectivity index (χ0v) is 29.7. The second-order valence-electron chi connectivity index (χ2n) is 14.9. The average Bonchev–Trinajstić information content (AvgIpc) is 3.74. The van der Waals surface area contributed by atoms with Gasteiger partial charge in [0, 0.05) is 67.7 Å². The predicted octanol–water partition coefficient (Wildman–Crippen LogP) is 5.33. The van der Waals surface area contributed by atoms with E-state index in [1.165, 1.54) is 38.9 Å². The van der Waals surface area contributed by atoms with Crippen molar-refractivity contribution in [1.82, 2.24) is 23.4 Å². The van der Waals surface area contributed by atoms with E-state index < -0.39 is 21.5 Å². The number of benzene rings is 2. The number of nitrogens with one attached hydrogen (secondary N) is 1. The molecular formula is C37H49N5O5S. The maximum atomic E-state index is 15.0. The molecule has 10 nitrogen and oxygen atoms in total. The van der Waals surface area contributed by atoms with Gasteiger partial charge in [0.2, 0.25) is 5.91 Å². The number of nitrogens with zero attached hydrogens (tertiary/aromatic N) is 4. The normalized spacial score (nSPS) is 24.2. The molecule has 7 rings (SSSR count). The Morgan fingerprint density at radius 3 is 2.44 bits per heavy atom. The molecule has 2 unspecified atom stereocenters. The summed E-state index contributed by atoms with van der Waals surface area (Å²) in [6, 6.07) is 12.1. The molecule has 0 spiro atoms. The van der Waals surface area contributed by atoms with Gasteiger partial charge in [0.25, 0.3) is 5.91 Å². The third-order valence-corrected chi connectivity index (χ3v) is 12.8. The van der Waals surface area contributed by atoms with Crippen molar-refractivity contribution >= 4 is 32.9 Å². The van der Waals surface area contributed by atoms with Gasteiger partial charge < -0.3 is 19.1 Å². The van der Waals surface area contributed by atoms with Crippen LogP contribution in [0.2, 0.25) is 0 Å². The van der Waals surface area contributed by atoms with Gasteiger partial charge in [-0.15, -0.1) is 0 Å². The summed E-state index contributed by atoms with van der Waals surface area (Å²) in [5, 5.41) is 1.08. The van der Waals surface area contributed by atoms with Gasteiger partial charge in [-0.25, -0.2) is 4.72 Å². The van der Waals surface area contributed by atoms with Gasteiger partial charge in [-0.2, -0.15) is 12.7 Å². The number of piperidine rings is 1. The number of rotatable bonds is 8. The molecular weight excluding hydrogens is 627 g/mol. The number of hydrogen-bond donors (Lipinski definition) is 1. The van der Waals surface area contributed by atoms with Crippen LogP contribution in [0.3, 0.4) is 0 Å². The summed E-state index contributed by atoms with van der Waals surface area (Å²) in [5.41, 5.74) is 5.26. The molecule has 0 bridgehead atoms. The van der Waals surface area contributed by atoms with E-state index in [2.05, 4.69) is 45.3 Å². The first-order valence-electron chi connectivity index (χ1n) is 17.5. The zero-order valence-electron chi connectivity index (χ0n) is 28.9. The summed E-state index contributed by atoms with van der Waals surface area (Å²) >= 11 is 0. The van der Waals surface area contributed by atoms with E-state index in [1.54, 1.807) is 13.2 Å². The van der Waals surface area contributed by atoms with Crippen LogP contribution in [0.15, 0.2) is 36.4 Å². The highest BCUT2D eigenvalue weighted by Gasteiger charge is 2.64. The summed E-state index contributed by atoms with van der Waals surface area (Å²) in [4.78, 5) is 32.8. The smallest absolute Gasteiger partial charge is 0.303 e. The minimum atomic E-state index is -3.97. The molecule has 48 heavy (non-hydrogen) atoms. The number of ether oxygens (including phenoxy) is 1. The fourth-order valence-corrected chi connectivity index (χ4v) is 9.39. The highest BCUT2D eigenvalue weighted by molar-refractivity contribution is 7.87. The van der Waals surface area contributed by atoms with Crippen molar-refractivity contribution in [2.24, 2.45) is 5.41 Å². The molecule has 2 aliphatic heterocycles. The Morgan fingerprint density at radius 1 is 0.979 bits per heavy atom. The van der Waals surface area contributed by atoms with Gasteiger partial charge in [0.1, 0.15) is 5.75 Å². The summed E-state index contributed by atoms with van der Waals surface area (Å²) in [6.07, 6.45) is 9.66. The first kappa shape index (κ1) is 33.1. The van der Waals surface area contributed by atoms with Crippen LogP contribution in [0.25, 0.3) is 22.2 Å². The maximum Gasteiger partial charge on any atom is 0.303 e. The lowest BCUT2D eigenvalue weighted by atomic mass is 9.81. The minimum Gasteiger partial charge on any atom is -0.497 e. The highest BCUT2D eigenvalue weighted by Crippen LogP contribution is 2.66. The summed E-state index contributed by atoms with van der Waals surface area (Å²) in [7, 11) is 4.66. The number of carbonyl (C=O) groups excluding carboxylic acids is 2. The minimum absolute atomic E-state index is 0.0582. The third kappa shape index (κ3) is 5.61. The molecule has 0 radical (unpaired) electrons. The van der Waals surface area contributed by atoms with E-state index in [0.717, 1.165) is 89.4 Å². The first-order valence-corrected chi connectivity index (χ1v) is 18.9. The SMILES string of the molecule is COc1ccc2c(c1)C1CC1(C(=O)N1CCCC[C@@H]1CN(C)C)Cn1c-2c(C2CCCCC2)c2ccc(C(=O)NS(=O)(=O)N(C)C)cc21. The summed E-state index contributed by atoms with van der Waals surface area (Å²) in [6.45, 7) is 2.13. The monoisotopic (exact) mass is 675 g/mol. The quantitative estimate of drug-likeness (QED) is 0.346. The van der Waals surface area contributed by atoms with E-state index in [-0.39, 0.29) is 23.4 Å². The molecule has 258 valence electrons. The molecule has 2 amide bonds. The lowest BCUT2D eigenvalue weighted by Crippen LogP contribution is -2.51. The summed E-state index contributed by atoms with van der Waals surface area (Å²) < 4.78 is 36.5. The topological polar surface area (TPSA) is 104 Å². The van der Waals surface area contributed by atoms with Crippen molar-refractivity contribution in [1.29, 1.82) is 0 Å². The Hall–Kier alpha value is -3.41. The average molecular weight is 676 g/mol. The Balaban J connectivity index is 1.42. The van der Waals surface area contributed by atoms with Crippen molar-refractivity contribution in [2.45, 2.75) is 82.2 Å². The van der Waals surface area contributed by atoms with E-state index in [1.807, 2.05) is 18.2 Å². The number of aromatic nitrogens is 1. The molecule has 2 saturated carbocycles. The number of likely N-dealkylation sites (N-methyl/N-ethyl adjacent to an activating group) is 1. The van der Waals surface area contributed by atoms with Gasteiger partial charge in [-0.1, -0.05) is 25.3 Å². The number of hydrogen-bond acceptors (Lipinski definition) is 6. The maximum absolute atomic E-state index is 15.0. The Bertz CT molecular complexity index is 1860. The van der Waals surface area contributed by atoms with Crippen LogP contribution in [-0.2, 0) is 21.5 Å². The fourth-order valence-electron chi connectivity index (χ4n) is 8.85. The fraction of sp³-hybridized carbons (Fsp3) is 0.568. The van der Waals surface area contributed by atoms with Crippen LogP contribution >= 0.6 is 0 Å². The molecule has 3 fully saturated rings. The lowest BCUT2D eigenvalue weighted by Gasteiger charge is -2.39. The van der Waals surface area contributed by atoms with Crippen molar-refractivity contribution in [2.75, 3.05) is 48.4 Å². The molecule has 11 heteroatoms. The third-order valence-electron chi connectivity index (χ3n) is 11.4. The van der Waals surface area contributed by atoms with Crippen molar-refractivity contribution in [3.05, 3.63) is 53.1 Å². The van der Waals surface area contributed by atoms with Gasteiger partial charge in [0.05, 0.1) is 18.2 Å². The summed E-state index contributed by atoms with van der Waals surface area (Å²) in [5.74, 6) is 0.758. The molecule has 3 heterocycles. The Kier molecular flexibility index (Phi) is 8.61. The van der Waals surface area contributed by atoms with Gasteiger partial charge in [-0.05, 0) is 100.0 Å². The van der Waals surface area contributed by atoms with E-state index >= 15 is 4.79 Å². The highest BCUT2D eigenvalue weighted by atomic mass is 32.2. The van der Waals surface area contributed by atoms with Crippen LogP contribution in [0.1, 0.15) is 91.1 Å². The second kappa shape index (κ2) is 12.5. The molecule has 3 atom stereocenters. The van der Waals surface area contributed by atoms with Crippen LogP contribution in [0.4, 0.5) is 0 Å². The molecule has 1 aromatic heterocycles. The number of methoxy groups -OCH3 is 1. The Morgan fingerprint density at radius 2 is 1.73 bits per heavy atom. The van der Waals surface area contributed by atoms with Gasteiger partial charge in [-0.3, -0.25) is 9.59 Å². The number of carbonyl (C=O) groups is 2. The standard InChI is InChI=1S/C37H49N5O5S/c1-39(2)22-26-13-9-10-18-41(26)36(44)37-21-31(37)30-20-27(47-5)15-17-28(30)34-33(24-11-7-6-8-12-24)29-16-14-25(19-32(29)42(34)23-37)35(43)38-48(45,46)40(3)4/h14-17,19-20,24,26,31H,6-13,18,21-23H2,1-5H3,(H,38,43)/t26-,31?,37?/m1/s1. The van der Waals surface area contributed by atoms with Crippen molar-refractivity contribution < 1.29 is 22.7 Å². The van der Waals surface area contributed by atoms with E-state index in [0.29, 0.717) is 12.5 Å². The van der Waals surface area contributed by atoms with Crippen LogP contribution in [-0.4, -0.2) is 93.3 Å². The van der Waals surface area contributed by atoms with Crippen LogP contribution in [0.5, 0.6) is 5.75 Å². The predicted molar refractivity (Wildman–Crippen MR) is 188 cm³/mol. The number of amides is 2. The van der Waals surface area contributed by atoms with Crippen molar-refractivity contribution in [3.8, 4) is 17.0 Å². The van der Waals surface area contributed by atoms with Gasteiger partial charge in [0.15, 0.2) is 0 Å². The van der Waals surface area contributed by atoms with E-state index in [9.17, 15) is 13.2 Å². The molecule has 3 aromatic rings. The molecule has 2 aromatic carbocycles. The Labute approximate surface area is 284 Å².